The van der Waals surface area contributed by atoms with Gasteiger partial charge in [-0.15, -0.1) is 0 Å². The molecule has 116 valence electrons. The Bertz CT molecular complexity index is 598. The lowest BCUT2D eigenvalue weighted by Crippen LogP contribution is -2.41. The fourth-order valence-corrected chi connectivity index (χ4v) is 2.92. The van der Waals surface area contributed by atoms with E-state index in [0.717, 1.165) is 25.2 Å². The molecule has 2 aromatic rings. The van der Waals surface area contributed by atoms with Gasteiger partial charge in [-0.2, -0.15) is 0 Å². The molecule has 1 fully saturated rings. The molecule has 3 rings (SSSR count). The van der Waals surface area contributed by atoms with Crippen molar-refractivity contribution in [1.29, 1.82) is 0 Å². The quantitative estimate of drug-likeness (QED) is 0.878. The number of nitrogens with one attached hydrogen (secondary N) is 1. The van der Waals surface area contributed by atoms with Crippen LogP contribution in [-0.4, -0.2) is 41.7 Å². The molecule has 0 saturated carbocycles. The lowest BCUT2D eigenvalue weighted by molar-refractivity contribution is 0.0921. The van der Waals surface area contributed by atoms with Gasteiger partial charge in [0.25, 0.3) is 5.91 Å². The van der Waals surface area contributed by atoms with Gasteiger partial charge < -0.3 is 14.8 Å². The number of amides is 1. The zero-order chi connectivity index (χ0) is 15.4. The van der Waals surface area contributed by atoms with Crippen LogP contribution in [0, 0.1) is 5.92 Å². The molecule has 1 amide bonds. The topological polar surface area (TPSA) is 65.7 Å². The summed E-state index contributed by atoms with van der Waals surface area (Å²) in [7, 11) is 0. The molecule has 0 aliphatic carbocycles. The SMILES string of the molecule is O=C(N[C@@H]1CN(Cc2ccoc2)C[C@H]1CO)c1ccccc1. The van der Waals surface area contributed by atoms with Gasteiger partial charge >= 0.3 is 0 Å². The van der Waals surface area contributed by atoms with Crippen LogP contribution in [0.4, 0.5) is 0 Å². The first-order valence-electron chi connectivity index (χ1n) is 7.46. The van der Waals surface area contributed by atoms with E-state index in [1.165, 1.54) is 0 Å². The number of aliphatic hydroxyl groups excluding tert-OH is 1. The van der Waals surface area contributed by atoms with Crippen LogP contribution in [0.3, 0.4) is 0 Å². The Labute approximate surface area is 129 Å². The Kier molecular flexibility index (Phi) is 4.56. The summed E-state index contributed by atoms with van der Waals surface area (Å²) in [6.07, 6.45) is 3.38. The molecule has 0 spiro atoms. The lowest BCUT2D eigenvalue weighted by atomic mass is 10.0. The Balaban J connectivity index is 1.61. The van der Waals surface area contributed by atoms with Crippen molar-refractivity contribution in [1.82, 2.24) is 10.2 Å². The third kappa shape index (κ3) is 3.37. The normalized spacial score (nSPS) is 21.9. The third-order valence-electron chi connectivity index (χ3n) is 4.09. The van der Waals surface area contributed by atoms with E-state index in [9.17, 15) is 9.90 Å². The van der Waals surface area contributed by atoms with Crippen LogP contribution in [0.25, 0.3) is 0 Å². The lowest BCUT2D eigenvalue weighted by Gasteiger charge is -2.18. The summed E-state index contributed by atoms with van der Waals surface area (Å²) in [5, 5.41) is 12.6. The molecule has 5 heteroatoms. The predicted molar refractivity (Wildman–Crippen MR) is 82.3 cm³/mol. The third-order valence-corrected chi connectivity index (χ3v) is 4.09. The van der Waals surface area contributed by atoms with Crippen molar-refractivity contribution < 1.29 is 14.3 Å². The smallest absolute Gasteiger partial charge is 0.251 e. The van der Waals surface area contributed by atoms with E-state index in [1.807, 2.05) is 24.3 Å². The van der Waals surface area contributed by atoms with Gasteiger partial charge in [-0.3, -0.25) is 9.69 Å². The molecule has 0 radical (unpaired) electrons. The Hall–Kier alpha value is -2.11. The number of nitrogens with zero attached hydrogens (tertiary/aromatic N) is 1. The average molecular weight is 300 g/mol. The highest BCUT2D eigenvalue weighted by atomic mass is 16.3. The van der Waals surface area contributed by atoms with Crippen LogP contribution in [0.1, 0.15) is 15.9 Å². The van der Waals surface area contributed by atoms with Crippen molar-refractivity contribution >= 4 is 5.91 Å². The molecular weight excluding hydrogens is 280 g/mol. The fraction of sp³-hybridized carbons (Fsp3) is 0.353. The van der Waals surface area contributed by atoms with Crippen molar-refractivity contribution in [2.75, 3.05) is 19.7 Å². The number of furan rings is 1. The summed E-state index contributed by atoms with van der Waals surface area (Å²) in [4.78, 5) is 14.5. The molecule has 2 N–H and O–H groups in total. The molecule has 1 aliphatic rings. The monoisotopic (exact) mass is 300 g/mol. The highest BCUT2D eigenvalue weighted by Crippen LogP contribution is 2.19. The number of aliphatic hydroxyl groups is 1. The zero-order valence-corrected chi connectivity index (χ0v) is 12.3. The Morgan fingerprint density at radius 1 is 1.27 bits per heavy atom. The van der Waals surface area contributed by atoms with Crippen LogP contribution in [0.5, 0.6) is 0 Å². The van der Waals surface area contributed by atoms with Crippen LogP contribution in [-0.2, 0) is 6.54 Å². The number of carbonyl (C=O) groups is 1. The number of carbonyl (C=O) groups excluding carboxylic acids is 1. The van der Waals surface area contributed by atoms with Gasteiger partial charge in [0.15, 0.2) is 0 Å². The maximum atomic E-state index is 12.3. The summed E-state index contributed by atoms with van der Waals surface area (Å²) < 4.78 is 5.08. The summed E-state index contributed by atoms with van der Waals surface area (Å²) in [6, 6.07) is 11.1. The van der Waals surface area contributed by atoms with E-state index in [2.05, 4.69) is 10.2 Å². The first kappa shape index (κ1) is 14.8. The van der Waals surface area contributed by atoms with E-state index in [4.69, 9.17) is 4.42 Å². The second-order valence-corrected chi connectivity index (χ2v) is 5.71. The molecule has 0 bridgehead atoms. The maximum absolute atomic E-state index is 12.3. The minimum Gasteiger partial charge on any atom is -0.472 e. The predicted octanol–water partition coefficient (Wildman–Crippen LogP) is 1.50. The van der Waals surface area contributed by atoms with E-state index < -0.39 is 0 Å². The van der Waals surface area contributed by atoms with E-state index in [-0.39, 0.29) is 24.5 Å². The van der Waals surface area contributed by atoms with Crippen LogP contribution in [0.2, 0.25) is 0 Å². The second kappa shape index (κ2) is 6.77. The van der Waals surface area contributed by atoms with Crippen molar-refractivity contribution in [2.45, 2.75) is 12.6 Å². The molecule has 1 saturated heterocycles. The number of likely N-dealkylation sites (tertiary alicyclic amines) is 1. The number of hydrogen-bond donors (Lipinski definition) is 2. The van der Waals surface area contributed by atoms with Crippen molar-refractivity contribution in [3.8, 4) is 0 Å². The van der Waals surface area contributed by atoms with E-state index in [0.29, 0.717) is 5.56 Å². The van der Waals surface area contributed by atoms with Gasteiger partial charge in [-0.05, 0) is 18.2 Å². The van der Waals surface area contributed by atoms with Crippen molar-refractivity contribution in [2.24, 2.45) is 5.92 Å². The molecule has 2 atom stereocenters. The minimum atomic E-state index is -0.0887. The highest BCUT2D eigenvalue weighted by molar-refractivity contribution is 5.94. The van der Waals surface area contributed by atoms with Gasteiger partial charge in [-0.25, -0.2) is 0 Å². The Morgan fingerprint density at radius 2 is 2.09 bits per heavy atom. The van der Waals surface area contributed by atoms with Crippen LogP contribution < -0.4 is 5.32 Å². The molecule has 2 heterocycles. The number of benzene rings is 1. The fourth-order valence-electron chi connectivity index (χ4n) is 2.92. The molecular formula is C17H20N2O3. The minimum absolute atomic E-state index is 0.0374. The summed E-state index contributed by atoms with van der Waals surface area (Å²) >= 11 is 0. The molecule has 0 unspecified atom stereocenters. The van der Waals surface area contributed by atoms with E-state index >= 15 is 0 Å². The van der Waals surface area contributed by atoms with Gasteiger partial charge in [0, 0.05) is 49.3 Å². The van der Waals surface area contributed by atoms with Crippen LogP contribution >= 0.6 is 0 Å². The first-order chi connectivity index (χ1) is 10.8. The molecule has 22 heavy (non-hydrogen) atoms. The Morgan fingerprint density at radius 3 is 2.77 bits per heavy atom. The van der Waals surface area contributed by atoms with Crippen molar-refractivity contribution in [3.63, 3.8) is 0 Å². The number of hydrogen-bond acceptors (Lipinski definition) is 4. The summed E-state index contributed by atoms with van der Waals surface area (Å²) in [5.74, 6) is -0.0335. The molecule has 1 aliphatic heterocycles. The van der Waals surface area contributed by atoms with Gasteiger partial charge in [0.1, 0.15) is 0 Å². The van der Waals surface area contributed by atoms with E-state index in [1.54, 1.807) is 24.7 Å². The van der Waals surface area contributed by atoms with Crippen molar-refractivity contribution in [3.05, 3.63) is 60.1 Å². The second-order valence-electron chi connectivity index (χ2n) is 5.71. The maximum Gasteiger partial charge on any atom is 0.251 e. The molecule has 1 aromatic heterocycles. The standard InChI is InChI=1S/C17H20N2O3/c20-11-15-9-19(8-13-6-7-22-12-13)10-16(15)18-17(21)14-4-2-1-3-5-14/h1-7,12,15-16,20H,8-11H2,(H,18,21)/t15-,16+/m0/s1. The highest BCUT2D eigenvalue weighted by Gasteiger charge is 2.33. The molecule has 1 aromatic carbocycles. The summed E-state index contributed by atoms with van der Waals surface area (Å²) in [6.45, 7) is 2.34. The van der Waals surface area contributed by atoms with Gasteiger partial charge in [0.2, 0.25) is 0 Å². The largest absolute Gasteiger partial charge is 0.472 e. The number of rotatable bonds is 5. The summed E-state index contributed by atoms with van der Waals surface area (Å²) in [5.41, 5.74) is 1.75. The van der Waals surface area contributed by atoms with Gasteiger partial charge in [0.05, 0.1) is 12.5 Å². The zero-order valence-electron chi connectivity index (χ0n) is 12.3. The first-order valence-corrected chi connectivity index (χ1v) is 7.46. The van der Waals surface area contributed by atoms with Crippen LogP contribution in [0.15, 0.2) is 53.3 Å². The average Bonchev–Trinajstić information content (AvgIpc) is 3.18. The van der Waals surface area contributed by atoms with Gasteiger partial charge in [-0.1, -0.05) is 18.2 Å². The molecule has 5 nitrogen and oxygen atoms in total.